The van der Waals surface area contributed by atoms with Crippen LogP contribution in [0.4, 0.5) is 13.2 Å². The molecule has 0 bridgehead atoms. The zero-order valence-corrected chi connectivity index (χ0v) is 11.6. The molecule has 2 N–H and O–H groups in total. The number of rotatable bonds is 5. The van der Waals surface area contributed by atoms with Gasteiger partial charge in [0.2, 0.25) is 10.0 Å². The molecule has 112 valence electrons. The van der Waals surface area contributed by atoms with Crippen LogP contribution in [0.2, 0.25) is 0 Å². The molecule has 1 saturated carbocycles. The summed E-state index contributed by atoms with van der Waals surface area (Å²) in [6.45, 7) is 0.0603. The highest BCUT2D eigenvalue weighted by atomic mass is 32.2. The van der Waals surface area contributed by atoms with E-state index in [1.165, 1.54) is 7.05 Å². The molecule has 0 radical (unpaired) electrons. The Balaban J connectivity index is 2.44. The van der Waals surface area contributed by atoms with E-state index in [2.05, 4.69) is 0 Å². The summed E-state index contributed by atoms with van der Waals surface area (Å²) in [5.74, 6) is -3.95. The van der Waals surface area contributed by atoms with Crippen LogP contribution in [0.15, 0.2) is 17.0 Å². The summed E-state index contributed by atoms with van der Waals surface area (Å²) in [5.41, 5.74) is 5.54. The Morgan fingerprint density at radius 2 is 1.80 bits per heavy atom. The van der Waals surface area contributed by atoms with E-state index in [-0.39, 0.29) is 12.5 Å². The Hall–Kier alpha value is -1.12. The van der Waals surface area contributed by atoms with Crippen LogP contribution >= 0.6 is 0 Å². The van der Waals surface area contributed by atoms with Gasteiger partial charge in [-0.2, -0.15) is 4.31 Å². The zero-order valence-electron chi connectivity index (χ0n) is 10.8. The quantitative estimate of drug-likeness (QED) is 0.896. The standard InChI is InChI=1S/C12H15F3N2O2S/c1-17(11(6-16)7-2-3-7)20(18,19)12-9(14)4-8(13)5-10(12)15/h4-5,7,11H,2-3,6,16H2,1H3. The highest BCUT2D eigenvalue weighted by Crippen LogP contribution is 2.36. The van der Waals surface area contributed by atoms with Gasteiger partial charge in [0.05, 0.1) is 0 Å². The first kappa shape index (κ1) is 15.3. The summed E-state index contributed by atoms with van der Waals surface area (Å²) in [6, 6.07) is 0.181. The fourth-order valence-corrected chi connectivity index (χ4v) is 3.73. The van der Waals surface area contributed by atoms with Gasteiger partial charge in [-0.15, -0.1) is 0 Å². The Labute approximate surface area is 115 Å². The monoisotopic (exact) mass is 308 g/mol. The predicted molar refractivity (Wildman–Crippen MR) is 66.8 cm³/mol. The van der Waals surface area contributed by atoms with Crippen molar-refractivity contribution in [2.45, 2.75) is 23.8 Å². The van der Waals surface area contributed by atoms with Crippen LogP contribution in [0.3, 0.4) is 0 Å². The summed E-state index contributed by atoms with van der Waals surface area (Å²) in [5, 5.41) is 0. The second kappa shape index (κ2) is 5.34. The number of benzene rings is 1. The lowest BCUT2D eigenvalue weighted by molar-refractivity contribution is 0.336. The summed E-state index contributed by atoms with van der Waals surface area (Å²) in [7, 11) is -3.17. The summed E-state index contributed by atoms with van der Waals surface area (Å²) in [6.07, 6.45) is 1.66. The Morgan fingerprint density at radius 1 is 1.30 bits per heavy atom. The predicted octanol–water partition coefficient (Wildman–Crippen LogP) is 1.46. The van der Waals surface area contributed by atoms with E-state index in [0.29, 0.717) is 12.1 Å². The van der Waals surface area contributed by atoms with Crippen LogP contribution < -0.4 is 5.73 Å². The molecule has 0 amide bonds. The molecule has 1 fully saturated rings. The molecule has 0 spiro atoms. The number of hydrogen-bond acceptors (Lipinski definition) is 3. The molecule has 1 aromatic rings. The largest absolute Gasteiger partial charge is 0.329 e. The van der Waals surface area contributed by atoms with Crippen molar-refractivity contribution in [3.8, 4) is 0 Å². The molecule has 1 aliphatic carbocycles. The Kier molecular flexibility index (Phi) is 4.08. The van der Waals surface area contributed by atoms with E-state index in [9.17, 15) is 21.6 Å². The molecule has 20 heavy (non-hydrogen) atoms. The van der Waals surface area contributed by atoms with Gasteiger partial charge in [0.1, 0.15) is 17.5 Å². The number of likely N-dealkylation sites (N-methyl/N-ethyl adjacent to an activating group) is 1. The maximum absolute atomic E-state index is 13.6. The molecular weight excluding hydrogens is 293 g/mol. The summed E-state index contributed by atoms with van der Waals surface area (Å²) in [4.78, 5) is -1.14. The van der Waals surface area contributed by atoms with Gasteiger partial charge in [0, 0.05) is 31.8 Å². The maximum atomic E-state index is 13.6. The van der Waals surface area contributed by atoms with Gasteiger partial charge < -0.3 is 5.73 Å². The van der Waals surface area contributed by atoms with E-state index in [4.69, 9.17) is 5.73 Å². The number of nitrogens with two attached hydrogens (primary N) is 1. The van der Waals surface area contributed by atoms with E-state index in [1.807, 2.05) is 0 Å². The molecule has 0 aromatic heterocycles. The number of halogens is 3. The average Bonchev–Trinajstić information content (AvgIpc) is 3.12. The van der Waals surface area contributed by atoms with Gasteiger partial charge in [0.25, 0.3) is 0 Å². The molecule has 8 heteroatoms. The summed E-state index contributed by atoms with van der Waals surface area (Å²) >= 11 is 0. The van der Waals surface area contributed by atoms with Crippen LogP contribution in [0.1, 0.15) is 12.8 Å². The van der Waals surface area contributed by atoms with Gasteiger partial charge in [0.15, 0.2) is 4.90 Å². The van der Waals surface area contributed by atoms with Gasteiger partial charge in [-0.3, -0.25) is 0 Å². The number of nitrogens with zero attached hydrogens (tertiary/aromatic N) is 1. The van der Waals surface area contributed by atoms with Crippen molar-refractivity contribution >= 4 is 10.0 Å². The highest BCUT2D eigenvalue weighted by Gasteiger charge is 2.40. The van der Waals surface area contributed by atoms with Crippen molar-refractivity contribution in [1.82, 2.24) is 4.31 Å². The minimum Gasteiger partial charge on any atom is -0.329 e. The van der Waals surface area contributed by atoms with Crippen LogP contribution in [0.25, 0.3) is 0 Å². The number of sulfonamides is 1. The Morgan fingerprint density at radius 3 is 2.20 bits per heavy atom. The molecule has 0 aliphatic heterocycles. The topological polar surface area (TPSA) is 63.4 Å². The molecule has 1 aliphatic rings. The highest BCUT2D eigenvalue weighted by molar-refractivity contribution is 7.89. The van der Waals surface area contributed by atoms with Crippen molar-refractivity contribution in [1.29, 1.82) is 0 Å². The van der Waals surface area contributed by atoms with Gasteiger partial charge in [-0.05, 0) is 18.8 Å². The van der Waals surface area contributed by atoms with Crippen LogP contribution in [0.5, 0.6) is 0 Å². The lowest BCUT2D eigenvalue weighted by atomic mass is 10.2. The first-order valence-corrected chi connectivity index (χ1v) is 7.55. The van der Waals surface area contributed by atoms with E-state index in [1.54, 1.807) is 0 Å². The zero-order chi connectivity index (χ0) is 15.1. The van der Waals surface area contributed by atoms with Crippen molar-refractivity contribution in [2.24, 2.45) is 11.7 Å². The van der Waals surface area contributed by atoms with Crippen molar-refractivity contribution < 1.29 is 21.6 Å². The first-order valence-electron chi connectivity index (χ1n) is 6.11. The van der Waals surface area contributed by atoms with Crippen molar-refractivity contribution in [2.75, 3.05) is 13.6 Å². The third-order valence-electron chi connectivity index (χ3n) is 3.47. The summed E-state index contributed by atoms with van der Waals surface area (Å²) < 4.78 is 65.6. The van der Waals surface area contributed by atoms with E-state index >= 15 is 0 Å². The van der Waals surface area contributed by atoms with Crippen molar-refractivity contribution in [3.05, 3.63) is 29.6 Å². The van der Waals surface area contributed by atoms with E-state index < -0.39 is 38.4 Å². The minimum atomic E-state index is -4.40. The second-order valence-electron chi connectivity index (χ2n) is 4.86. The first-order chi connectivity index (χ1) is 9.28. The molecule has 1 unspecified atom stereocenters. The second-order valence-corrected chi connectivity index (χ2v) is 6.79. The third kappa shape index (κ3) is 2.68. The molecule has 4 nitrogen and oxygen atoms in total. The minimum absolute atomic E-state index is 0.0603. The molecule has 0 heterocycles. The lowest BCUT2D eigenvalue weighted by Crippen LogP contribution is -2.43. The SMILES string of the molecule is CN(C(CN)C1CC1)S(=O)(=O)c1c(F)cc(F)cc1F. The van der Waals surface area contributed by atoms with Crippen LogP contribution in [-0.2, 0) is 10.0 Å². The number of hydrogen-bond donors (Lipinski definition) is 1. The maximum Gasteiger partial charge on any atom is 0.248 e. The third-order valence-corrected chi connectivity index (χ3v) is 5.41. The fourth-order valence-electron chi connectivity index (χ4n) is 2.22. The Bertz CT molecular complexity index is 594. The van der Waals surface area contributed by atoms with Crippen molar-refractivity contribution in [3.63, 3.8) is 0 Å². The molecule has 0 saturated heterocycles. The molecule has 1 aromatic carbocycles. The van der Waals surface area contributed by atoms with Crippen LogP contribution in [0, 0.1) is 23.4 Å². The van der Waals surface area contributed by atoms with Gasteiger partial charge in [-0.1, -0.05) is 0 Å². The average molecular weight is 308 g/mol. The van der Waals surface area contributed by atoms with E-state index in [0.717, 1.165) is 17.1 Å². The smallest absolute Gasteiger partial charge is 0.248 e. The van der Waals surface area contributed by atoms with Gasteiger partial charge in [-0.25, -0.2) is 21.6 Å². The van der Waals surface area contributed by atoms with Gasteiger partial charge >= 0.3 is 0 Å². The van der Waals surface area contributed by atoms with Crippen LogP contribution in [-0.4, -0.2) is 32.4 Å². The normalized spacial score (nSPS) is 17.5. The molecule has 1 atom stereocenters. The molecular formula is C12H15F3N2O2S. The fraction of sp³-hybridized carbons (Fsp3) is 0.500. The lowest BCUT2D eigenvalue weighted by Gasteiger charge is -2.26. The molecule has 2 rings (SSSR count).